The molecule has 0 aliphatic heterocycles. The molecule has 0 spiro atoms. The quantitative estimate of drug-likeness (QED) is 0.691. The van der Waals surface area contributed by atoms with Crippen LogP contribution in [0.1, 0.15) is 21.7 Å². The first-order valence-corrected chi connectivity index (χ1v) is 5.69. The maximum atomic E-state index is 13.6. The molecule has 20 heavy (non-hydrogen) atoms. The molecule has 1 aromatic carbocycles. The third kappa shape index (κ3) is 2.13. The van der Waals surface area contributed by atoms with Gasteiger partial charge in [-0.1, -0.05) is 0 Å². The number of aromatic nitrogens is 1. The molecule has 0 amide bonds. The predicted molar refractivity (Wildman–Crippen MR) is 68.8 cm³/mol. The van der Waals surface area contributed by atoms with Crippen LogP contribution in [0, 0.1) is 29.8 Å². The summed E-state index contributed by atoms with van der Waals surface area (Å²) in [5.74, 6) is -2.04. The number of carbonyl (C=O) groups is 1. The van der Waals surface area contributed by atoms with Crippen LogP contribution in [0.5, 0.6) is 0 Å². The Bertz CT molecular complexity index is 721. The van der Waals surface area contributed by atoms with Crippen molar-refractivity contribution in [2.24, 2.45) is 0 Å². The second-order valence-electron chi connectivity index (χ2n) is 4.32. The Hall–Kier alpha value is -2.70. The third-order valence-electron chi connectivity index (χ3n) is 3.05. The summed E-state index contributed by atoms with van der Waals surface area (Å²) in [4.78, 5) is 20.8. The van der Waals surface area contributed by atoms with Gasteiger partial charge in [-0.25, -0.2) is 4.79 Å². The average Bonchev–Trinajstić information content (AvgIpc) is 2.64. The summed E-state index contributed by atoms with van der Waals surface area (Å²) in [7, 11) is 0. The molecule has 1 heterocycles. The molecule has 7 heteroatoms. The van der Waals surface area contributed by atoms with Gasteiger partial charge < -0.3 is 9.67 Å². The Morgan fingerprint density at radius 2 is 2.00 bits per heavy atom. The Balaban J connectivity index is 2.61. The highest BCUT2D eigenvalue weighted by molar-refractivity contribution is 5.89. The zero-order valence-corrected chi connectivity index (χ0v) is 10.8. The summed E-state index contributed by atoms with van der Waals surface area (Å²) in [6.07, 6.45) is 0. The number of hydrogen-bond acceptors (Lipinski definition) is 3. The molecule has 0 aliphatic rings. The fourth-order valence-electron chi connectivity index (χ4n) is 2.16. The summed E-state index contributed by atoms with van der Waals surface area (Å²) in [5, 5.41) is 19.6. The molecule has 2 rings (SSSR count). The van der Waals surface area contributed by atoms with Crippen molar-refractivity contribution in [3.8, 4) is 5.69 Å². The molecule has 0 saturated carbocycles. The molecule has 6 nitrogen and oxygen atoms in total. The summed E-state index contributed by atoms with van der Waals surface area (Å²) in [6.45, 7) is 3.27. The van der Waals surface area contributed by atoms with Crippen molar-refractivity contribution in [2.75, 3.05) is 0 Å². The standard InChI is InChI=1S/C13H11FN2O4/c1-7-5-10(13(17)18)8(2)15(7)9-3-4-12(16(19)20)11(14)6-9/h3-6H,1-2H3,(H,17,18). The van der Waals surface area contributed by atoms with Crippen LogP contribution in [0.2, 0.25) is 0 Å². The number of carboxylic acids is 1. The van der Waals surface area contributed by atoms with Gasteiger partial charge in [0.1, 0.15) is 0 Å². The smallest absolute Gasteiger partial charge is 0.337 e. The topological polar surface area (TPSA) is 85.4 Å². The fraction of sp³-hybridized carbons (Fsp3) is 0.154. The maximum absolute atomic E-state index is 13.6. The van der Waals surface area contributed by atoms with E-state index in [1.54, 1.807) is 13.8 Å². The minimum Gasteiger partial charge on any atom is -0.478 e. The largest absolute Gasteiger partial charge is 0.478 e. The minimum atomic E-state index is -1.08. The molecule has 0 bridgehead atoms. The van der Waals surface area contributed by atoms with Crippen molar-refractivity contribution >= 4 is 11.7 Å². The molecule has 0 fully saturated rings. The normalized spacial score (nSPS) is 10.6. The summed E-state index contributed by atoms with van der Waals surface area (Å²) in [5.41, 5.74) is 0.878. The van der Waals surface area contributed by atoms with Gasteiger partial charge in [-0.3, -0.25) is 10.1 Å². The molecule has 2 aromatic rings. The summed E-state index contributed by atoms with van der Waals surface area (Å²) >= 11 is 0. The van der Waals surface area contributed by atoms with Gasteiger partial charge in [0.15, 0.2) is 0 Å². The monoisotopic (exact) mass is 278 g/mol. The number of aryl methyl sites for hydroxylation is 1. The van der Waals surface area contributed by atoms with Crippen LogP contribution in [-0.2, 0) is 0 Å². The highest BCUT2D eigenvalue weighted by atomic mass is 19.1. The number of rotatable bonds is 3. The number of carboxylic acid groups (broad SMARTS) is 1. The van der Waals surface area contributed by atoms with Crippen LogP contribution < -0.4 is 0 Å². The van der Waals surface area contributed by atoms with E-state index in [0.29, 0.717) is 17.1 Å². The second kappa shape index (κ2) is 4.76. The number of nitro groups is 1. The number of hydrogen-bond donors (Lipinski definition) is 1. The number of benzene rings is 1. The third-order valence-corrected chi connectivity index (χ3v) is 3.05. The van der Waals surface area contributed by atoms with Gasteiger partial charge in [0.05, 0.1) is 10.5 Å². The van der Waals surface area contributed by atoms with Gasteiger partial charge in [-0.05, 0) is 26.0 Å². The van der Waals surface area contributed by atoms with Gasteiger partial charge >= 0.3 is 11.7 Å². The first-order chi connectivity index (χ1) is 9.32. The molecule has 0 saturated heterocycles. The van der Waals surface area contributed by atoms with Crippen molar-refractivity contribution in [3.63, 3.8) is 0 Å². The molecule has 0 aliphatic carbocycles. The van der Waals surface area contributed by atoms with Gasteiger partial charge in [0, 0.05) is 29.2 Å². The van der Waals surface area contributed by atoms with E-state index in [1.807, 2.05) is 0 Å². The van der Waals surface area contributed by atoms with Crippen LogP contribution in [0.4, 0.5) is 10.1 Å². The van der Waals surface area contributed by atoms with Crippen molar-refractivity contribution in [2.45, 2.75) is 13.8 Å². The molecule has 1 N–H and O–H groups in total. The molecular weight excluding hydrogens is 267 g/mol. The fourth-order valence-corrected chi connectivity index (χ4v) is 2.16. The van der Waals surface area contributed by atoms with E-state index in [4.69, 9.17) is 5.11 Å². The van der Waals surface area contributed by atoms with Crippen molar-refractivity contribution in [3.05, 3.63) is 57.1 Å². The van der Waals surface area contributed by atoms with Crippen LogP contribution in [0.3, 0.4) is 0 Å². The molecule has 104 valence electrons. The number of nitrogens with zero attached hydrogens (tertiary/aromatic N) is 2. The van der Waals surface area contributed by atoms with Gasteiger partial charge in [-0.15, -0.1) is 0 Å². The Morgan fingerprint density at radius 3 is 2.45 bits per heavy atom. The minimum absolute atomic E-state index is 0.112. The number of nitro benzene ring substituents is 1. The van der Waals surface area contributed by atoms with Crippen molar-refractivity contribution < 1.29 is 19.2 Å². The van der Waals surface area contributed by atoms with Crippen molar-refractivity contribution in [1.29, 1.82) is 0 Å². The van der Waals surface area contributed by atoms with Gasteiger partial charge in [-0.2, -0.15) is 4.39 Å². The lowest BCUT2D eigenvalue weighted by Gasteiger charge is -2.09. The number of aromatic carboxylic acids is 1. The lowest BCUT2D eigenvalue weighted by Crippen LogP contribution is -2.03. The van der Waals surface area contributed by atoms with E-state index in [1.165, 1.54) is 16.7 Å². The first-order valence-electron chi connectivity index (χ1n) is 5.69. The van der Waals surface area contributed by atoms with E-state index in [2.05, 4.69) is 0 Å². The molecular formula is C13H11FN2O4. The molecule has 0 unspecified atom stereocenters. The lowest BCUT2D eigenvalue weighted by atomic mass is 10.2. The van der Waals surface area contributed by atoms with Crippen LogP contribution in [-0.4, -0.2) is 20.6 Å². The van der Waals surface area contributed by atoms with E-state index >= 15 is 0 Å². The zero-order chi connectivity index (χ0) is 15.0. The maximum Gasteiger partial charge on any atom is 0.337 e. The Morgan fingerprint density at radius 1 is 1.35 bits per heavy atom. The Labute approximate surface area is 113 Å². The first kappa shape index (κ1) is 13.7. The zero-order valence-electron chi connectivity index (χ0n) is 10.8. The SMILES string of the molecule is Cc1cc(C(=O)O)c(C)n1-c1ccc([N+](=O)[O-])c(F)c1. The molecule has 0 radical (unpaired) electrons. The average molecular weight is 278 g/mol. The van der Waals surface area contributed by atoms with E-state index < -0.39 is 22.4 Å². The molecule has 1 aromatic heterocycles. The van der Waals surface area contributed by atoms with Crippen LogP contribution in [0.25, 0.3) is 5.69 Å². The van der Waals surface area contributed by atoms with Gasteiger partial charge in [0.2, 0.25) is 5.82 Å². The molecule has 0 atom stereocenters. The highest BCUT2D eigenvalue weighted by Crippen LogP contribution is 2.25. The predicted octanol–water partition coefficient (Wildman–Crippen LogP) is 2.84. The van der Waals surface area contributed by atoms with Gasteiger partial charge in [0.25, 0.3) is 0 Å². The van der Waals surface area contributed by atoms with Crippen LogP contribution >= 0.6 is 0 Å². The number of halogens is 1. The summed E-state index contributed by atoms with van der Waals surface area (Å²) < 4.78 is 15.2. The second-order valence-corrected chi connectivity index (χ2v) is 4.32. The van der Waals surface area contributed by atoms with E-state index in [-0.39, 0.29) is 5.56 Å². The lowest BCUT2D eigenvalue weighted by molar-refractivity contribution is -0.387. The van der Waals surface area contributed by atoms with Crippen LogP contribution in [0.15, 0.2) is 24.3 Å². The highest BCUT2D eigenvalue weighted by Gasteiger charge is 2.19. The van der Waals surface area contributed by atoms with E-state index in [9.17, 15) is 19.3 Å². The van der Waals surface area contributed by atoms with E-state index in [0.717, 1.165) is 12.1 Å². The Kier molecular flexibility index (Phi) is 3.27. The van der Waals surface area contributed by atoms with Crippen molar-refractivity contribution in [1.82, 2.24) is 4.57 Å². The summed E-state index contributed by atoms with van der Waals surface area (Å²) in [6, 6.07) is 4.93.